The van der Waals surface area contributed by atoms with Gasteiger partial charge >= 0.3 is 0 Å². The van der Waals surface area contributed by atoms with Crippen molar-refractivity contribution < 1.29 is 4.42 Å². The fraction of sp³-hybridized carbons (Fsp3) is 0.542. The molecule has 2 heterocycles. The number of benzene rings is 1. The van der Waals surface area contributed by atoms with E-state index in [1.807, 2.05) is 19.1 Å². The van der Waals surface area contributed by atoms with Crippen molar-refractivity contribution in [2.75, 3.05) is 6.54 Å². The first-order valence-electron chi connectivity index (χ1n) is 10.6. The summed E-state index contributed by atoms with van der Waals surface area (Å²) in [5, 5.41) is 8.22. The smallest absolute Gasteiger partial charge is 0.169 e. The Labute approximate surface area is 181 Å². The van der Waals surface area contributed by atoms with E-state index in [-0.39, 0.29) is 11.1 Å². The van der Waals surface area contributed by atoms with E-state index in [0.717, 1.165) is 42.4 Å². The third kappa shape index (κ3) is 6.58. The summed E-state index contributed by atoms with van der Waals surface area (Å²) in [5.41, 5.74) is 1.49. The molecule has 0 spiro atoms. The van der Waals surface area contributed by atoms with Crippen molar-refractivity contribution in [1.29, 1.82) is 0 Å². The summed E-state index contributed by atoms with van der Waals surface area (Å²) in [6, 6.07) is 15.0. The minimum absolute atomic E-state index is 0.0853. The van der Waals surface area contributed by atoms with E-state index in [1.54, 1.807) is 0 Å². The van der Waals surface area contributed by atoms with Gasteiger partial charge in [-0.2, -0.15) is 0 Å². The number of furan rings is 1. The van der Waals surface area contributed by atoms with E-state index < -0.39 is 0 Å². The van der Waals surface area contributed by atoms with E-state index >= 15 is 0 Å². The number of aryl methyl sites for hydroxylation is 1. The summed E-state index contributed by atoms with van der Waals surface area (Å²) < 4.78 is 5.83. The maximum absolute atomic E-state index is 5.88. The minimum Gasteiger partial charge on any atom is -0.464 e. The van der Waals surface area contributed by atoms with Crippen LogP contribution in [0, 0.1) is 6.92 Å². The molecule has 5 heteroatoms. The molecule has 2 N–H and O–H groups in total. The molecule has 0 aliphatic carbocycles. The van der Waals surface area contributed by atoms with E-state index in [4.69, 9.17) is 16.6 Å². The van der Waals surface area contributed by atoms with Gasteiger partial charge in [0.2, 0.25) is 0 Å². The van der Waals surface area contributed by atoms with Crippen molar-refractivity contribution in [3.8, 4) is 0 Å². The van der Waals surface area contributed by atoms with Crippen molar-refractivity contribution in [3.63, 3.8) is 0 Å². The molecule has 1 aliphatic heterocycles. The van der Waals surface area contributed by atoms with Gasteiger partial charge in [-0.1, -0.05) is 30.3 Å². The van der Waals surface area contributed by atoms with Gasteiger partial charge in [0.05, 0.1) is 6.54 Å². The lowest BCUT2D eigenvalue weighted by Crippen LogP contribution is -2.62. The van der Waals surface area contributed by atoms with Crippen LogP contribution in [0.25, 0.3) is 0 Å². The van der Waals surface area contributed by atoms with Crippen molar-refractivity contribution >= 4 is 17.3 Å². The van der Waals surface area contributed by atoms with E-state index in [0.29, 0.717) is 12.6 Å². The van der Waals surface area contributed by atoms with Crippen LogP contribution in [-0.2, 0) is 13.0 Å². The third-order valence-corrected chi connectivity index (χ3v) is 5.84. The maximum atomic E-state index is 5.88. The predicted octanol–water partition coefficient (Wildman–Crippen LogP) is 4.82. The molecular weight excluding hydrogens is 378 g/mol. The highest BCUT2D eigenvalue weighted by molar-refractivity contribution is 7.80. The zero-order valence-corrected chi connectivity index (χ0v) is 19.2. The van der Waals surface area contributed by atoms with E-state index in [1.165, 1.54) is 5.56 Å². The Morgan fingerprint density at radius 3 is 2.34 bits per heavy atom. The summed E-state index contributed by atoms with van der Waals surface area (Å²) in [6.07, 6.45) is 3.04. The molecule has 1 aromatic carbocycles. The fourth-order valence-corrected chi connectivity index (χ4v) is 4.93. The molecule has 1 aromatic heterocycles. The van der Waals surface area contributed by atoms with E-state index in [9.17, 15) is 0 Å². The summed E-state index contributed by atoms with van der Waals surface area (Å²) in [4.78, 5) is 2.24. The lowest BCUT2D eigenvalue weighted by molar-refractivity contribution is 0.153. The average Bonchev–Trinajstić information content (AvgIpc) is 3.01. The Hall–Kier alpha value is -1.85. The molecule has 1 fully saturated rings. The van der Waals surface area contributed by atoms with Crippen LogP contribution in [0.1, 0.15) is 57.6 Å². The van der Waals surface area contributed by atoms with Crippen LogP contribution in [0.15, 0.2) is 46.9 Å². The first-order chi connectivity index (χ1) is 13.6. The van der Waals surface area contributed by atoms with Gasteiger partial charge in [-0.15, -0.1) is 0 Å². The third-order valence-electron chi connectivity index (χ3n) is 5.46. The molecule has 0 amide bonds. The molecule has 158 valence electrons. The molecule has 0 saturated carbocycles. The minimum atomic E-state index is 0.0853. The van der Waals surface area contributed by atoms with Crippen LogP contribution >= 0.6 is 12.2 Å². The normalized spacial score (nSPS) is 18.4. The van der Waals surface area contributed by atoms with Crippen LogP contribution in [0.4, 0.5) is 0 Å². The predicted molar refractivity (Wildman–Crippen MR) is 124 cm³/mol. The molecule has 0 radical (unpaired) electrons. The Bertz CT molecular complexity index is 797. The first-order valence-corrected chi connectivity index (χ1v) is 11.0. The first kappa shape index (κ1) is 21.8. The topological polar surface area (TPSA) is 40.4 Å². The molecule has 2 aromatic rings. The van der Waals surface area contributed by atoms with Gasteiger partial charge in [-0.3, -0.25) is 0 Å². The van der Waals surface area contributed by atoms with Gasteiger partial charge in [0, 0.05) is 23.7 Å². The van der Waals surface area contributed by atoms with Crippen LogP contribution in [-0.4, -0.2) is 33.7 Å². The molecule has 1 saturated heterocycles. The van der Waals surface area contributed by atoms with Crippen molar-refractivity contribution in [2.24, 2.45) is 0 Å². The zero-order valence-electron chi connectivity index (χ0n) is 18.4. The van der Waals surface area contributed by atoms with Gasteiger partial charge in [0.25, 0.3) is 0 Å². The van der Waals surface area contributed by atoms with Gasteiger partial charge in [-0.05, 0) is 83.8 Å². The van der Waals surface area contributed by atoms with Gasteiger partial charge in [-0.25, -0.2) is 0 Å². The van der Waals surface area contributed by atoms with Crippen LogP contribution in [0.3, 0.4) is 0 Å². The highest BCUT2D eigenvalue weighted by Crippen LogP contribution is 2.28. The summed E-state index contributed by atoms with van der Waals surface area (Å²) >= 11 is 5.88. The quantitative estimate of drug-likeness (QED) is 0.665. The summed E-state index contributed by atoms with van der Waals surface area (Å²) in [7, 11) is 0. The number of nitrogens with zero attached hydrogens (tertiary/aromatic N) is 1. The second-order valence-electron chi connectivity index (χ2n) is 9.62. The lowest BCUT2D eigenvalue weighted by Gasteiger charge is -2.47. The molecular formula is C24H35N3OS. The second-order valence-corrected chi connectivity index (χ2v) is 10.0. The van der Waals surface area contributed by atoms with E-state index in [2.05, 4.69) is 73.6 Å². The number of hydrogen-bond donors (Lipinski definition) is 2. The van der Waals surface area contributed by atoms with Gasteiger partial charge in [0.15, 0.2) is 5.11 Å². The fourth-order valence-electron chi connectivity index (χ4n) is 4.61. The number of nitrogens with one attached hydrogen (secondary N) is 2. The molecule has 0 unspecified atom stereocenters. The Balaban J connectivity index is 1.69. The number of thiocarbonyl (C=S) groups is 1. The molecule has 0 bridgehead atoms. The Morgan fingerprint density at radius 1 is 1.10 bits per heavy atom. The second kappa shape index (κ2) is 8.88. The standard InChI is InChI=1S/C24H35N3OS/c1-18-11-12-21(28-18)17-27(14-13-19-9-7-6-8-10-19)22(29)25-20-15-23(2,3)26-24(4,5)16-20/h6-12,20,26H,13-17H2,1-5H3,(H,25,29). The van der Waals surface area contributed by atoms with Gasteiger partial charge < -0.3 is 20.0 Å². The molecule has 1 aliphatic rings. The molecule has 3 rings (SSSR count). The molecule has 0 atom stereocenters. The number of piperidine rings is 1. The highest BCUT2D eigenvalue weighted by atomic mass is 32.1. The van der Waals surface area contributed by atoms with Crippen LogP contribution < -0.4 is 10.6 Å². The highest BCUT2D eigenvalue weighted by Gasteiger charge is 2.38. The summed E-state index contributed by atoms with van der Waals surface area (Å²) in [5.74, 6) is 1.88. The molecule has 29 heavy (non-hydrogen) atoms. The van der Waals surface area contributed by atoms with Crippen LogP contribution in [0.5, 0.6) is 0 Å². The Kier molecular flexibility index (Phi) is 6.69. The van der Waals surface area contributed by atoms with Crippen LogP contribution in [0.2, 0.25) is 0 Å². The van der Waals surface area contributed by atoms with Crippen molar-refractivity contribution in [3.05, 3.63) is 59.5 Å². The Morgan fingerprint density at radius 2 is 1.76 bits per heavy atom. The summed E-state index contributed by atoms with van der Waals surface area (Å²) in [6.45, 7) is 12.6. The maximum Gasteiger partial charge on any atom is 0.169 e. The largest absolute Gasteiger partial charge is 0.464 e. The number of hydrogen-bond acceptors (Lipinski definition) is 3. The zero-order chi connectivity index (χ0) is 21.1. The van der Waals surface area contributed by atoms with Gasteiger partial charge in [0.1, 0.15) is 11.5 Å². The van der Waals surface area contributed by atoms with Crippen molar-refractivity contribution in [2.45, 2.75) is 77.5 Å². The lowest BCUT2D eigenvalue weighted by atomic mass is 9.80. The molecule has 4 nitrogen and oxygen atoms in total. The average molecular weight is 414 g/mol. The van der Waals surface area contributed by atoms with Crippen molar-refractivity contribution in [1.82, 2.24) is 15.5 Å². The monoisotopic (exact) mass is 413 g/mol. The number of rotatable bonds is 6. The SMILES string of the molecule is Cc1ccc(CN(CCc2ccccc2)C(=S)NC2CC(C)(C)NC(C)(C)C2)o1.